The molecule has 0 unspecified atom stereocenters. The normalized spacial score (nSPS) is 10.8. The number of hydrazone groups is 1. The molecule has 170 valence electrons. The molecule has 3 rings (SSSR count). The maximum absolute atomic E-state index is 13.3. The lowest BCUT2D eigenvalue weighted by Crippen LogP contribution is -2.17. The van der Waals surface area contributed by atoms with Crippen molar-refractivity contribution in [2.24, 2.45) is 5.10 Å². The number of ether oxygens (including phenoxy) is 1. The highest BCUT2D eigenvalue weighted by atomic mass is 35.5. The van der Waals surface area contributed by atoms with Crippen LogP contribution in [0.1, 0.15) is 21.5 Å². The topological polar surface area (TPSA) is 100 Å². The molecule has 0 saturated carbocycles. The van der Waals surface area contributed by atoms with E-state index in [1.165, 1.54) is 37.6 Å². The van der Waals surface area contributed by atoms with Gasteiger partial charge in [-0.05, 0) is 48.0 Å². The molecule has 7 nitrogen and oxygen atoms in total. The van der Waals surface area contributed by atoms with Crippen LogP contribution < -0.4 is 15.5 Å². The van der Waals surface area contributed by atoms with E-state index in [-0.39, 0.29) is 22.8 Å². The molecule has 0 aliphatic rings. The Bertz CT molecular complexity index is 1230. The van der Waals surface area contributed by atoms with Gasteiger partial charge in [-0.3, -0.25) is 9.59 Å². The number of nitrogens with zero attached hydrogens (tertiary/aromatic N) is 1. The summed E-state index contributed by atoms with van der Waals surface area (Å²) in [7, 11) is 1.43. The standard InChI is InChI=1S/C23H18ClF2N3O4/c1-33-21-11-16(28-22(31)9-13-2-6-18(25)19(26)8-13)5-3-15(21)12-27-29-23(32)14-4-7-20(30)17(24)10-14/h2-8,10-12,30H,9H2,1H3,(H,28,31)(H,29,32). The first-order valence-electron chi connectivity index (χ1n) is 9.50. The zero-order valence-electron chi connectivity index (χ0n) is 17.2. The van der Waals surface area contributed by atoms with Crippen LogP contribution in [0.5, 0.6) is 11.5 Å². The van der Waals surface area contributed by atoms with Crippen molar-refractivity contribution in [1.29, 1.82) is 0 Å². The van der Waals surface area contributed by atoms with E-state index in [9.17, 15) is 23.5 Å². The van der Waals surface area contributed by atoms with Crippen LogP contribution >= 0.6 is 11.6 Å². The molecular formula is C23H18ClF2N3O4. The Morgan fingerprint density at radius 1 is 1.09 bits per heavy atom. The molecule has 3 aromatic rings. The van der Waals surface area contributed by atoms with E-state index in [0.717, 1.165) is 12.1 Å². The van der Waals surface area contributed by atoms with Crippen molar-refractivity contribution in [3.63, 3.8) is 0 Å². The maximum atomic E-state index is 13.3. The predicted molar refractivity (Wildman–Crippen MR) is 120 cm³/mol. The number of benzene rings is 3. The van der Waals surface area contributed by atoms with Crippen molar-refractivity contribution >= 4 is 35.3 Å². The van der Waals surface area contributed by atoms with Crippen LogP contribution in [-0.2, 0) is 11.2 Å². The Morgan fingerprint density at radius 3 is 2.58 bits per heavy atom. The average Bonchev–Trinajstić information content (AvgIpc) is 2.78. The molecule has 0 radical (unpaired) electrons. The van der Waals surface area contributed by atoms with Gasteiger partial charge in [-0.15, -0.1) is 0 Å². The highest BCUT2D eigenvalue weighted by Crippen LogP contribution is 2.24. The molecule has 0 aromatic heterocycles. The highest BCUT2D eigenvalue weighted by Gasteiger charge is 2.10. The van der Waals surface area contributed by atoms with Crippen LogP contribution in [0.4, 0.5) is 14.5 Å². The van der Waals surface area contributed by atoms with Crippen molar-refractivity contribution in [1.82, 2.24) is 5.43 Å². The second-order valence-corrected chi connectivity index (χ2v) is 7.20. The molecule has 3 N–H and O–H groups in total. The zero-order chi connectivity index (χ0) is 24.0. The van der Waals surface area contributed by atoms with Crippen molar-refractivity contribution in [3.8, 4) is 11.5 Å². The Labute approximate surface area is 192 Å². The number of carbonyl (C=O) groups excluding carboxylic acids is 2. The third-order valence-electron chi connectivity index (χ3n) is 4.45. The fraction of sp³-hybridized carbons (Fsp3) is 0.0870. The Balaban J connectivity index is 1.63. The fourth-order valence-electron chi connectivity index (χ4n) is 2.81. The number of methoxy groups -OCH3 is 1. The van der Waals surface area contributed by atoms with Crippen molar-refractivity contribution in [3.05, 3.63) is 87.9 Å². The number of phenolic OH excluding ortho intramolecular Hbond substituents is 1. The second kappa shape index (κ2) is 10.6. The lowest BCUT2D eigenvalue weighted by Gasteiger charge is -2.10. The van der Waals surface area contributed by atoms with E-state index >= 15 is 0 Å². The van der Waals surface area contributed by atoms with E-state index in [0.29, 0.717) is 22.6 Å². The molecule has 0 aliphatic heterocycles. The predicted octanol–water partition coefficient (Wildman–Crippen LogP) is 4.28. The largest absolute Gasteiger partial charge is 0.506 e. The van der Waals surface area contributed by atoms with Crippen LogP contribution in [-0.4, -0.2) is 30.2 Å². The third-order valence-corrected chi connectivity index (χ3v) is 4.75. The van der Waals surface area contributed by atoms with E-state index in [2.05, 4.69) is 15.8 Å². The van der Waals surface area contributed by atoms with Crippen molar-refractivity contribution in [2.45, 2.75) is 6.42 Å². The Kier molecular flexibility index (Phi) is 7.57. The van der Waals surface area contributed by atoms with Crippen LogP contribution in [0.2, 0.25) is 5.02 Å². The highest BCUT2D eigenvalue weighted by molar-refractivity contribution is 6.32. The number of phenols is 1. The summed E-state index contributed by atoms with van der Waals surface area (Å²) in [4.78, 5) is 24.4. The van der Waals surface area contributed by atoms with E-state index in [1.807, 2.05) is 0 Å². The van der Waals surface area contributed by atoms with Gasteiger partial charge in [-0.25, -0.2) is 14.2 Å². The number of amides is 2. The minimum atomic E-state index is -1.02. The van der Waals surface area contributed by atoms with Gasteiger partial charge in [0.15, 0.2) is 11.6 Å². The van der Waals surface area contributed by atoms with Gasteiger partial charge >= 0.3 is 0 Å². The molecule has 0 atom stereocenters. The molecular weight excluding hydrogens is 456 g/mol. The summed E-state index contributed by atoms with van der Waals surface area (Å²) in [5.74, 6) is -2.74. The first-order chi connectivity index (χ1) is 15.8. The first-order valence-corrected chi connectivity index (χ1v) is 9.88. The third kappa shape index (κ3) is 6.27. The lowest BCUT2D eigenvalue weighted by atomic mass is 10.1. The second-order valence-electron chi connectivity index (χ2n) is 6.80. The minimum absolute atomic E-state index is 0.0375. The molecule has 0 fully saturated rings. The molecule has 10 heteroatoms. The van der Waals surface area contributed by atoms with Crippen LogP contribution in [0, 0.1) is 11.6 Å². The van der Waals surface area contributed by atoms with Crippen LogP contribution in [0.3, 0.4) is 0 Å². The quantitative estimate of drug-likeness (QED) is 0.352. The number of hydrogen-bond acceptors (Lipinski definition) is 5. The summed E-state index contributed by atoms with van der Waals surface area (Å²) in [6.07, 6.45) is 1.21. The molecule has 0 aliphatic carbocycles. The molecule has 0 bridgehead atoms. The molecule has 0 spiro atoms. The lowest BCUT2D eigenvalue weighted by molar-refractivity contribution is -0.115. The number of carbonyl (C=O) groups is 2. The average molecular weight is 474 g/mol. The Hall–Kier alpha value is -3.98. The fourth-order valence-corrected chi connectivity index (χ4v) is 2.99. The summed E-state index contributed by atoms with van der Waals surface area (Å²) < 4.78 is 31.6. The monoisotopic (exact) mass is 473 g/mol. The van der Waals surface area contributed by atoms with Crippen LogP contribution in [0.25, 0.3) is 0 Å². The first kappa shape index (κ1) is 23.7. The van der Waals surface area contributed by atoms with Crippen molar-refractivity contribution in [2.75, 3.05) is 12.4 Å². The van der Waals surface area contributed by atoms with Crippen LogP contribution in [0.15, 0.2) is 59.7 Å². The van der Waals surface area contributed by atoms with Gasteiger partial charge in [-0.1, -0.05) is 17.7 Å². The molecule has 3 aromatic carbocycles. The van der Waals surface area contributed by atoms with Gasteiger partial charge < -0.3 is 15.2 Å². The van der Waals surface area contributed by atoms with Gasteiger partial charge in [0.1, 0.15) is 11.5 Å². The molecule has 2 amide bonds. The molecule has 33 heavy (non-hydrogen) atoms. The number of hydrogen-bond donors (Lipinski definition) is 3. The van der Waals surface area contributed by atoms with Gasteiger partial charge in [0.05, 0.1) is 24.8 Å². The van der Waals surface area contributed by atoms with Gasteiger partial charge in [0, 0.05) is 22.9 Å². The minimum Gasteiger partial charge on any atom is -0.506 e. The van der Waals surface area contributed by atoms with Gasteiger partial charge in [0.25, 0.3) is 5.91 Å². The number of aromatic hydroxyl groups is 1. The zero-order valence-corrected chi connectivity index (χ0v) is 18.0. The SMILES string of the molecule is COc1cc(NC(=O)Cc2ccc(F)c(F)c2)ccc1C=NNC(=O)c1ccc(O)c(Cl)c1. The van der Waals surface area contributed by atoms with Crippen molar-refractivity contribution < 1.29 is 28.2 Å². The molecule has 0 heterocycles. The summed E-state index contributed by atoms with van der Waals surface area (Å²) >= 11 is 5.79. The van der Waals surface area contributed by atoms with E-state index < -0.39 is 23.4 Å². The number of anilines is 1. The smallest absolute Gasteiger partial charge is 0.271 e. The van der Waals surface area contributed by atoms with E-state index in [4.69, 9.17) is 16.3 Å². The summed E-state index contributed by atoms with van der Waals surface area (Å²) in [6, 6.07) is 12.0. The van der Waals surface area contributed by atoms with Gasteiger partial charge in [-0.2, -0.15) is 5.10 Å². The van der Waals surface area contributed by atoms with E-state index in [1.54, 1.807) is 18.2 Å². The van der Waals surface area contributed by atoms with Gasteiger partial charge in [0.2, 0.25) is 5.91 Å². The number of nitrogens with one attached hydrogen (secondary N) is 2. The molecule has 0 saturated heterocycles. The summed E-state index contributed by atoms with van der Waals surface area (Å²) in [5, 5.41) is 16.0. The number of halogens is 3. The number of rotatable bonds is 7. The Morgan fingerprint density at radius 2 is 1.88 bits per heavy atom. The summed E-state index contributed by atoms with van der Waals surface area (Å²) in [6.45, 7) is 0. The summed E-state index contributed by atoms with van der Waals surface area (Å²) in [5.41, 5.74) is 3.80. The maximum Gasteiger partial charge on any atom is 0.271 e.